The molecule has 0 aromatic heterocycles. The fourth-order valence-electron chi connectivity index (χ4n) is 3.15. The molecule has 6 nitrogen and oxygen atoms in total. The van der Waals surface area contributed by atoms with Crippen LogP contribution in [0.15, 0.2) is 53.4 Å². The lowest BCUT2D eigenvalue weighted by atomic mass is 10.2. The Hall–Kier alpha value is -2.80. The molecule has 2 amide bonds. The van der Waals surface area contributed by atoms with Crippen LogP contribution in [0.3, 0.4) is 0 Å². The minimum atomic E-state index is -0.485. The van der Waals surface area contributed by atoms with Gasteiger partial charge in [0.1, 0.15) is 6.54 Å². The van der Waals surface area contributed by atoms with Crippen molar-refractivity contribution in [3.8, 4) is 0 Å². The minimum Gasteiger partial charge on any atom is -0.462 e. The molecule has 1 aliphatic heterocycles. The summed E-state index contributed by atoms with van der Waals surface area (Å²) in [5.41, 5.74) is 2.58. The summed E-state index contributed by atoms with van der Waals surface area (Å²) in [7, 11) is 0. The number of hydrogen-bond acceptors (Lipinski definition) is 5. The number of nitrogens with one attached hydrogen (secondary N) is 1. The second-order valence-electron chi connectivity index (χ2n) is 6.93. The zero-order valence-electron chi connectivity index (χ0n) is 16.5. The SMILES string of the molecule is CC(C)OC(=O)CNC(=O)c1ccccc1SCC(=O)N1CCc2ccccc21. The zero-order valence-corrected chi connectivity index (χ0v) is 17.3. The summed E-state index contributed by atoms with van der Waals surface area (Å²) in [6, 6.07) is 15.0. The van der Waals surface area contributed by atoms with Gasteiger partial charge in [0.15, 0.2) is 0 Å². The van der Waals surface area contributed by atoms with Gasteiger partial charge in [0.2, 0.25) is 5.91 Å². The fraction of sp³-hybridized carbons (Fsp3) is 0.318. The molecule has 7 heteroatoms. The van der Waals surface area contributed by atoms with E-state index in [-0.39, 0.29) is 30.2 Å². The van der Waals surface area contributed by atoms with Crippen LogP contribution in [0.2, 0.25) is 0 Å². The summed E-state index contributed by atoms with van der Waals surface area (Å²) in [6.45, 7) is 3.99. The molecule has 29 heavy (non-hydrogen) atoms. The van der Waals surface area contributed by atoms with E-state index in [9.17, 15) is 14.4 Å². The van der Waals surface area contributed by atoms with Crippen LogP contribution < -0.4 is 10.2 Å². The monoisotopic (exact) mass is 412 g/mol. The first-order valence-corrected chi connectivity index (χ1v) is 10.5. The van der Waals surface area contributed by atoms with Gasteiger partial charge in [-0.3, -0.25) is 14.4 Å². The van der Waals surface area contributed by atoms with Gasteiger partial charge in [-0.2, -0.15) is 0 Å². The van der Waals surface area contributed by atoms with Crippen LogP contribution in [0.1, 0.15) is 29.8 Å². The molecule has 0 atom stereocenters. The van der Waals surface area contributed by atoms with E-state index in [2.05, 4.69) is 5.32 Å². The van der Waals surface area contributed by atoms with Crippen molar-refractivity contribution in [3.63, 3.8) is 0 Å². The molecule has 0 saturated heterocycles. The molecular weight excluding hydrogens is 388 g/mol. The first-order valence-electron chi connectivity index (χ1n) is 9.53. The predicted octanol–water partition coefficient (Wildman–Crippen LogP) is 3.05. The molecule has 0 fully saturated rings. The van der Waals surface area contributed by atoms with Crippen molar-refractivity contribution in [1.29, 1.82) is 0 Å². The van der Waals surface area contributed by atoms with Crippen LogP contribution in [0.25, 0.3) is 0 Å². The van der Waals surface area contributed by atoms with Crippen LogP contribution in [-0.2, 0) is 20.7 Å². The summed E-state index contributed by atoms with van der Waals surface area (Å²) in [4.78, 5) is 39.4. The molecule has 0 unspecified atom stereocenters. The number of nitrogens with zero attached hydrogens (tertiary/aromatic N) is 1. The number of esters is 1. The molecule has 3 rings (SSSR count). The van der Waals surface area contributed by atoms with E-state index < -0.39 is 5.97 Å². The quantitative estimate of drug-likeness (QED) is 0.559. The van der Waals surface area contributed by atoms with Crippen LogP contribution in [-0.4, -0.2) is 42.7 Å². The number of para-hydroxylation sites is 1. The Morgan fingerprint density at radius 1 is 1.10 bits per heavy atom. The Balaban J connectivity index is 1.60. The number of anilines is 1. The number of carbonyl (C=O) groups is 3. The van der Waals surface area contributed by atoms with Crippen molar-refractivity contribution in [1.82, 2.24) is 5.32 Å². The van der Waals surface area contributed by atoms with Gasteiger partial charge >= 0.3 is 5.97 Å². The first-order chi connectivity index (χ1) is 14.0. The number of amides is 2. The number of benzene rings is 2. The van der Waals surface area contributed by atoms with Crippen molar-refractivity contribution < 1.29 is 19.1 Å². The van der Waals surface area contributed by atoms with Gasteiger partial charge < -0.3 is 15.0 Å². The summed E-state index contributed by atoms with van der Waals surface area (Å²) in [6.07, 6.45) is 0.627. The van der Waals surface area contributed by atoms with Crippen molar-refractivity contribution >= 4 is 35.2 Å². The highest BCUT2D eigenvalue weighted by atomic mass is 32.2. The number of hydrogen-bond donors (Lipinski definition) is 1. The lowest BCUT2D eigenvalue weighted by Crippen LogP contribution is -2.32. The Kier molecular flexibility index (Phi) is 6.93. The summed E-state index contributed by atoms with van der Waals surface area (Å²) in [5.74, 6) is -0.613. The molecule has 0 radical (unpaired) electrons. The van der Waals surface area contributed by atoms with E-state index in [0.29, 0.717) is 17.0 Å². The second kappa shape index (κ2) is 9.60. The van der Waals surface area contributed by atoms with E-state index in [0.717, 1.165) is 12.1 Å². The third-order valence-corrected chi connectivity index (χ3v) is 5.49. The largest absolute Gasteiger partial charge is 0.462 e. The highest BCUT2D eigenvalue weighted by molar-refractivity contribution is 8.00. The number of carbonyl (C=O) groups excluding carboxylic acids is 3. The molecule has 1 heterocycles. The number of ether oxygens (including phenoxy) is 1. The summed E-state index contributed by atoms with van der Waals surface area (Å²) >= 11 is 1.32. The van der Waals surface area contributed by atoms with Crippen molar-refractivity contribution in [2.75, 3.05) is 23.7 Å². The average Bonchev–Trinajstić information content (AvgIpc) is 3.14. The highest BCUT2D eigenvalue weighted by Gasteiger charge is 2.24. The highest BCUT2D eigenvalue weighted by Crippen LogP contribution is 2.29. The van der Waals surface area contributed by atoms with Crippen LogP contribution in [0.4, 0.5) is 5.69 Å². The Morgan fingerprint density at radius 2 is 1.83 bits per heavy atom. The maximum absolute atomic E-state index is 12.7. The minimum absolute atomic E-state index is 0.00988. The van der Waals surface area contributed by atoms with E-state index in [1.54, 1.807) is 36.9 Å². The van der Waals surface area contributed by atoms with E-state index in [1.165, 1.54) is 17.3 Å². The Morgan fingerprint density at radius 3 is 2.62 bits per heavy atom. The van der Waals surface area contributed by atoms with Gasteiger partial charge in [-0.25, -0.2) is 0 Å². The zero-order chi connectivity index (χ0) is 20.8. The van der Waals surface area contributed by atoms with E-state index in [1.807, 2.05) is 30.3 Å². The molecule has 1 N–H and O–H groups in total. The Bertz CT molecular complexity index is 913. The van der Waals surface area contributed by atoms with E-state index >= 15 is 0 Å². The maximum Gasteiger partial charge on any atom is 0.325 e. The topological polar surface area (TPSA) is 75.7 Å². The maximum atomic E-state index is 12.7. The van der Waals surface area contributed by atoms with Crippen LogP contribution >= 0.6 is 11.8 Å². The second-order valence-corrected chi connectivity index (χ2v) is 7.95. The summed E-state index contributed by atoms with van der Waals surface area (Å²) in [5, 5.41) is 2.58. The predicted molar refractivity (Wildman–Crippen MR) is 113 cm³/mol. The molecule has 0 spiro atoms. The van der Waals surface area contributed by atoms with Crippen molar-refractivity contribution in [3.05, 3.63) is 59.7 Å². The van der Waals surface area contributed by atoms with Crippen molar-refractivity contribution in [2.24, 2.45) is 0 Å². The van der Waals surface area contributed by atoms with Gasteiger partial charge in [0, 0.05) is 17.1 Å². The first kappa shape index (κ1) is 20.9. The van der Waals surface area contributed by atoms with Gasteiger partial charge in [-0.1, -0.05) is 30.3 Å². The molecule has 2 aromatic carbocycles. The average molecular weight is 413 g/mol. The third kappa shape index (κ3) is 5.38. The molecule has 152 valence electrons. The number of thioether (sulfide) groups is 1. The molecule has 0 saturated carbocycles. The lowest BCUT2D eigenvalue weighted by molar-refractivity contribution is -0.146. The van der Waals surface area contributed by atoms with Gasteiger partial charge in [0.05, 0.1) is 17.4 Å². The standard InChI is InChI=1S/C22H24N2O4S/c1-15(2)28-21(26)13-23-22(27)17-8-4-6-10-19(17)29-14-20(25)24-12-11-16-7-3-5-9-18(16)24/h3-10,15H,11-14H2,1-2H3,(H,23,27). The molecule has 2 aromatic rings. The molecular formula is C22H24N2O4S. The van der Waals surface area contributed by atoms with Gasteiger partial charge in [-0.15, -0.1) is 11.8 Å². The van der Waals surface area contributed by atoms with Gasteiger partial charge in [0.25, 0.3) is 5.91 Å². The number of fused-ring (bicyclic) bond motifs is 1. The lowest BCUT2D eigenvalue weighted by Gasteiger charge is -2.17. The molecule has 0 bridgehead atoms. The smallest absolute Gasteiger partial charge is 0.325 e. The van der Waals surface area contributed by atoms with E-state index in [4.69, 9.17) is 4.74 Å². The summed E-state index contributed by atoms with van der Waals surface area (Å²) < 4.78 is 5.02. The normalized spacial score (nSPS) is 12.6. The number of rotatable bonds is 7. The molecule has 1 aliphatic rings. The molecule has 0 aliphatic carbocycles. The van der Waals surface area contributed by atoms with Crippen molar-refractivity contribution in [2.45, 2.75) is 31.3 Å². The Labute approximate surface area is 174 Å². The van der Waals surface area contributed by atoms with Crippen LogP contribution in [0.5, 0.6) is 0 Å². The third-order valence-electron chi connectivity index (χ3n) is 4.43. The van der Waals surface area contributed by atoms with Gasteiger partial charge in [-0.05, 0) is 44.0 Å². The van der Waals surface area contributed by atoms with Crippen LogP contribution in [0, 0.1) is 0 Å². The fourth-order valence-corrected chi connectivity index (χ4v) is 4.07.